The van der Waals surface area contributed by atoms with Crippen molar-refractivity contribution in [1.82, 2.24) is 9.97 Å². The number of aromatic nitrogens is 2. The van der Waals surface area contributed by atoms with Crippen LogP contribution in [0.1, 0.15) is 11.6 Å². The van der Waals surface area contributed by atoms with Crippen LogP contribution < -0.4 is 0 Å². The lowest BCUT2D eigenvalue weighted by Crippen LogP contribution is -1.91. The van der Waals surface area contributed by atoms with Crippen molar-refractivity contribution in [2.45, 2.75) is 12.8 Å². The molecule has 1 aromatic carbocycles. The first-order valence-corrected chi connectivity index (χ1v) is 5.38. The Morgan fingerprint density at radius 1 is 1.06 bits per heavy atom. The van der Waals surface area contributed by atoms with Gasteiger partial charge in [-0.2, -0.15) is 0 Å². The lowest BCUT2D eigenvalue weighted by atomic mass is 10.2. The molecular formula is C13H12N2O. The van der Waals surface area contributed by atoms with Crippen LogP contribution in [0.3, 0.4) is 0 Å². The van der Waals surface area contributed by atoms with Gasteiger partial charge in [0.2, 0.25) is 0 Å². The molecule has 3 nitrogen and oxygen atoms in total. The van der Waals surface area contributed by atoms with Gasteiger partial charge in [0.05, 0.1) is 17.3 Å². The van der Waals surface area contributed by atoms with Crippen LogP contribution in [0, 0.1) is 0 Å². The fourth-order valence-electron chi connectivity index (χ4n) is 1.82. The topological polar surface area (TPSA) is 41.8 Å². The van der Waals surface area contributed by atoms with E-state index in [0.29, 0.717) is 0 Å². The number of rotatable bonds is 3. The van der Waals surface area contributed by atoms with Gasteiger partial charge in [-0.1, -0.05) is 12.1 Å². The molecule has 0 spiro atoms. The number of hydrogen-bond acceptors (Lipinski definition) is 2. The zero-order chi connectivity index (χ0) is 10.8. The third-order valence-electron chi connectivity index (χ3n) is 2.63. The molecule has 0 bridgehead atoms. The first-order chi connectivity index (χ1) is 7.92. The van der Waals surface area contributed by atoms with Gasteiger partial charge in [0.1, 0.15) is 11.6 Å². The van der Waals surface area contributed by atoms with Crippen LogP contribution in [-0.4, -0.2) is 9.97 Å². The number of imidazole rings is 1. The van der Waals surface area contributed by atoms with Gasteiger partial charge < -0.3 is 9.40 Å². The summed E-state index contributed by atoms with van der Waals surface area (Å²) in [6, 6.07) is 12.0. The number of H-pyrrole nitrogens is 1. The minimum absolute atomic E-state index is 0.877. The number of benzene rings is 1. The number of aromatic amines is 1. The molecule has 0 fully saturated rings. The van der Waals surface area contributed by atoms with Crippen molar-refractivity contribution >= 4 is 11.0 Å². The summed E-state index contributed by atoms with van der Waals surface area (Å²) in [4.78, 5) is 7.82. The van der Waals surface area contributed by atoms with Crippen molar-refractivity contribution in [2.75, 3.05) is 0 Å². The van der Waals surface area contributed by atoms with Crippen LogP contribution >= 0.6 is 0 Å². The van der Waals surface area contributed by atoms with Crippen LogP contribution in [0.5, 0.6) is 0 Å². The van der Waals surface area contributed by atoms with E-state index in [9.17, 15) is 0 Å². The molecule has 3 heteroatoms. The highest BCUT2D eigenvalue weighted by Gasteiger charge is 2.03. The summed E-state index contributed by atoms with van der Waals surface area (Å²) in [5.74, 6) is 2.01. The van der Waals surface area contributed by atoms with Gasteiger partial charge in [-0.3, -0.25) is 0 Å². The Balaban J connectivity index is 1.79. The summed E-state index contributed by atoms with van der Waals surface area (Å²) in [7, 11) is 0. The molecule has 3 aromatic rings. The number of fused-ring (bicyclic) bond motifs is 1. The van der Waals surface area contributed by atoms with Crippen molar-refractivity contribution < 1.29 is 4.42 Å². The zero-order valence-electron chi connectivity index (χ0n) is 8.81. The molecule has 16 heavy (non-hydrogen) atoms. The van der Waals surface area contributed by atoms with Gasteiger partial charge in [0.15, 0.2) is 0 Å². The molecule has 0 atom stereocenters. The maximum atomic E-state index is 5.29. The van der Waals surface area contributed by atoms with E-state index < -0.39 is 0 Å². The summed E-state index contributed by atoms with van der Waals surface area (Å²) in [5, 5.41) is 0. The second kappa shape index (κ2) is 3.85. The van der Waals surface area contributed by atoms with Gasteiger partial charge in [-0.15, -0.1) is 0 Å². The first-order valence-electron chi connectivity index (χ1n) is 5.38. The van der Waals surface area contributed by atoms with Crippen molar-refractivity contribution in [3.63, 3.8) is 0 Å². The standard InChI is InChI=1S/C13H12N2O/c1-2-6-12-11(5-1)14-13(15-12)8-7-10-4-3-9-16-10/h1-6,9H,7-8H2,(H,14,15). The fourth-order valence-corrected chi connectivity index (χ4v) is 1.82. The quantitative estimate of drug-likeness (QED) is 0.725. The number of nitrogens with zero attached hydrogens (tertiary/aromatic N) is 1. The lowest BCUT2D eigenvalue weighted by Gasteiger charge is -1.93. The maximum Gasteiger partial charge on any atom is 0.107 e. The Labute approximate surface area is 93.1 Å². The van der Waals surface area contributed by atoms with E-state index in [1.165, 1.54) is 0 Å². The molecule has 0 radical (unpaired) electrons. The molecule has 2 aromatic heterocycles. The summed E-state index contributed by atoms with van der Waals surface area (Å²) >= 11 is 0. The summed E-state index contributed by atoms with van der Waals surface area (Å²) < 4.78 is 5.29. The van der Waals surface area contributed by atoms with Crippen LogP contribution in [0.4, 0.5) is 0 Å². The number of aryl methyl sites for hydroxylation is 2. The average Bonchev–Trinajstić information content (AvgIpc) is 2.95. The zero-order valence-corrected chi connectivity index (χ0v) is 8.81. The number of hydrogen-bond donors (Lipinski definition) is 1. The highest BCUT2D eigenvalue weighted by molar-refractivity contribution is 5.74. The molecule has 0 amide bonds. The molecule has 0 saturated carbocycles. The van der Waals surface area contributed by atoms with E-state index in [1.807, 2.05) is 36.4 Å². The molecule has 1 N–H and O–H groups in total. The number of nitrogens with one attached hydrogen (secondary N) is 1. The van der Waals surface area contributed by atoms with Gasteiger partial charge in [0.25, 0.3) is 0 Å². The second-order valence-electron chi connectivity index (χ2n) is 3.78. The third-order valence-corrected chi connectivity index (χ3v) is 2.63. The van der Waals surface area contributed by atoms with E-state index in [-0.39, 0.29) is 0 Å². The fraction of sp³-hybridized carbons (Fsp3) is 0.154. The second-order valence-corrected chi connectivity index (χ2v) is 3.78. The molecule has 0 aliphatic rings. The van der Waals surface area contributed by atoms with Crippen molar-refractivity contribution in [3.8, 4) is 0 Å². The van der Waals surface area contributed by atoms with Gasteiger partial charge >= 0.3 is 0 Å². The number of furan rings is 1. The normalized spacial score (nSPS) is 11.0. The monoisotopic (exact) mass is 212 g/mol. The van der Waals surface area contributed by atoms with Crippen molar-refractivity contribution in [1.29, 1.82) is 0 Å². The maximum absolute atomic E-state index is 5.29. The predicted molar refractivity (Wildman–Crippen MR) is 62.2 cm³/mol. The Morgan fingerprint density at radius 2 is 2.00 bits per heavy atom. The number of para-hydroxylation sites is 2. The minimum Gasteiger partial charge on any atom is -0.469 e. The predicted octanol–water partition coefficient (Wildman–Crippen LogP) is 2.94. The van der Waals surface area contributed by atoms with Crippen LogP contribution in [0.25, 0.3) is 11.0 Å². The van der Waals surface area contributed by atoms with Gasteiger partial charge in [-0.05, 0) is 24.3 Å². The summed E-state index contributed by atoms with van der Waals surface area (Å²) in [6.45, 7) is 0. The smallest absolute Gasteiger partial charge is 0.107 e. The van der Waals surface area contributed by atoms with Gasteiger partial charge in [-0.25, -0.2) is 4.98 Å². The van der Waals surface area contributed by atoms with Crippen LogP contribution in [-0.2, 0) is 12.8 Å². The van der Waals surface area contributed by atoms with E-state index in [0.717, 1.165) is 35.5 Å². The molecule has 80 valence electrons. The molecule has 0 unspecified atom stereocenters. The van der Waals surface area contributed by atoms with Crippen molar-refractivity contribution in [3.05, 3.63) is 54.2 Å². The molecule has 3 rings (SSSR count). The first kappa shape index (κ1) is 9.21. The third kappa shape index (κ3) is 1.72. The molecule has 0 saturated heterocycles. The summed E-state index contributed by atoms with van der Waals surface area (Å²) in [6.07, 6.45) is 3.46. The highest BCUT2D eigenvalue weighted by atomic mass is 16.3. The lowest BCUT2D eigenvalue weighted by molar-refractivity contribution is 0.507. The van der Waals surface area contributed by atoms with E-state index in [1.54, 1.807) is 6.26 Å². The molecular weight excluding hydrogens is 200 g/mol. The average molecular weight is 212 g/mol. The molecule has 0 aliphatic heterocycles. The molecule has 0 aliphatic carbocycles. The molecule has 2 heterocycles. The van der Waals surface area contributed by atoms with Crippen LogP contribution in [0.15, 0.2) is 47.1 Å². The van der Waals surface area contributed by atoms with Gasteiger partial charge in [0, 0.05) is 12.8 Å². The highest BCUT2D eigenvalue weighted by Crippen LogP contribution is 2.12. The SMILES string of the molecule is c1coc(CCc2nc3ccccc3[nH]2)c1. The minimum atomic E-state index is 0.877. The van der Waals surface area contributed by atoms with E-state index in [2.05, 4.69) is 9.97 Å². The Hall–Kier alpha value is -2.03. The largest absolute Gasteiger partial charge is 0.469 e. The Kier molecular flexibility index (Phi) is 2.22. The van der Waals surface area contributed by atoms with Crippen LogP contribution in [0.2, 0.25) is 0 Å². The van der Waals surface area contributed by atoms with E-state index in [4.69, 9.17) is 4.42 Å². The summed E-state index contributed by atoms with van der Waals surface area (Å²) in [5.41, 5.74) is 2.12. The van der Waals surface area contributed by atoms with Crippen molar-refractivity contribution in [2.24, 2.45) is 0 Å². The Morgan fingerprint density at radius 3 is 2.81 bits per heavy atom. The Bertz CT molecular complexity index is 548. The van der Waals surface area contributed by atoms with E-state index >= 15 is 0 Å².